The molecule has 2 rings (SSSR count). The molecule has 0 atom stereocenters. The van der Waals surface area contributed by atoms with Gasteiger partial charge in [-0.3, -0.25) is 0 Å². The van der Waals surface area contributed by atoms with Crippen molar-refractivity contribution in [2.45, 2.75) is 27.4 Å². The van der Waals surface area contributed by atoms with Gasteiger partial charge in [0.1, 0.15) is 19.0 Å². The first-order valence-corrected chi connectivity index (χ1v) is 6.99. The minimum atomic E-state index is -0.121. The van der Waals surface area contributed by atoms with Crippen LogP contribution in [-0.4, -0.2) is 11.7 Å². The Hall–Kier alpha value is -2.24. The Morgan fingerprint density at radius 3 is 2.43 bits per heavy atom. The second-order valence-corrected chi connectivity index (χ2v) is 5.15. The first-order valence-electron chi connectivity index (χ1n) is 6.99. The molecule has 108 valence electrons. The third kappa shape index (κ3) is 4.11. The Morgan fingerprint density at radius 2 is 1.76 bits per heavy atom. The van der Waals surface area contributed by atoms with Crippen LogP contribution in [0.25, 0.3) is 0 Å². The smallest absolute Gasteiger partial charge is 0.122 e. The lowest BCUT2D eigenvalue weighted by molar-refractivity contribution is 0.304. The topological polar surface area (TPSA) is 29.5 Å². The van der Waals surface area contributed by atoms with E-state index in [1.165, 1.54) is 16.7 Å². The van der Waals surface area contributed by atoms with E-state index >= 15 is 0 Å². The van der Waals surface area contributed by atoms with Crippen LogP contribution in [0.1, 0.15) is 27.8 Å². The Balaban J connectivity index is 2.07. The van der Waals surface area contributed by atoms with Gasteiger partial charge >= 0.3 is 0 Å². The van der Waals surface area contributed by atoms with Crippen molar-refractivity contribution >= 4 is 0 Å². The van der Waals surface area contributed by atoms with Crippen molar-refractivity contribution in [3.05, 3.63) is 64.2 Å². The van der Waals surface area contributed by atoms with Crippen molar-refractivity contribution < 1.29 is 9.84 Å². The molecule has 1 N–H and O–H groups in total. The maximum atomic E-state index is 8.71. The summed E-state index contributed by atoms with van der Waals surface area (Å²) in [6.45, 7) is 6.66. The second kappa shape index (κ2) is 6.97. The van der Waals surface area contributed by atoms with E-state index in [0.29, 0.717) is 6.61 Å². The van der Waals surface area contributed by atoms with Gasteiger partial charge in [0.15, 0.2) is 0 Å². The summed E-state index contributed by atoms with van der Waals surface area (Å²) in [6, 6.07) is 12.2. The molecule has 0 aliphatic heterocycles. The SMILES string of the molecule is Cc1ccc(COc2ccc(C#CCO)cc2C)cc1C. The van der Waals surface area contributed by atoms with Gasteiger partial charge in [-0.1, -0.05) is 30.0 Å². The van der Waals surface area contributed by atoms with E-state index in [-0.39, 0.29) is 6.61 Å². The van der Waals surface area contributed by atoms with Gasteiger partial charge in [-0.15, -0.1) is 0 Å². The first kappa shape index (κ1) is 15.2. The maximum Gasteiger partial charge on any atom is 0.122 e. The number of rotatable bonds is 3. The first-order chi connectivity index (χ1) is 10.1. The van der Waals surface area contributed by atoms with Crippen molar-refractivity contribution in [3.63, 3.8) is 0 Å². The molecule has 0 radical (unpaired) electrons. The van der Waals surface area contributed by atoms with Gasteiger partial charge in [-0.2, -0.15) is 0 Å². The summed E-state index contributed by atoms with van der Waals surface area (Å²) in [4.78, 5) is 0. The predicted molar refractivity (Wildman–Crippen MR) is 85.4 cm³/mol. The molecule has 0 saturated carbocycles. The van der Waals surface area contributed by atoms with Crippen molar-refractivity contribution in [1.82, 2.24) is 0 Å². The zero-order valence-corrected chi connectivity index (χ0v) is 12.7. The van der Waals surface area contributed by atoms with Gasteiger partial charge in [0.2, 0.25) is 0 Å². The molecule has 0 aliphatic carbocycles. The van der Waals surface area contributed by atoms with Crippen LogP contribution in [0.15, 0.2) is 36.4 Å². The van der Waals surface area contributed by atoms with E-state index in [1.807, 2.05) is 25.1 Å². The van der Waals surface area contributed by atoms with Gasteiger partial charge in [0.25, 0.3) is 0 Å². The molecule has 2 nitrogen and oxygen atoms in total. The fourth-order valence-corrected chi connectivity index (χ4v) is 2.09. The molecular formula is C19H20O2. The van der Waals surface area contributed by atoms with Crippen LogP contribution in [0, 0.1) is 32.6 Å². The summed E-state index contributed by atoms with van der Waals surface area (Å²) in [5.41, 5.74) is 5.68. The van der Waals surface area contributed by atoms with E-state index in [4.69, 9.17) is 9.84 Å². The molecule has 0 bridgehead atoms. The maximum absolute atomic E-state index is 8.71. The molecule has 0 fully saturated rings. The van der Waals surface area contributed by atoms with Gasteiger partial charge in [0.05, 0.1) is 0 Å². The summed E-state index contributed by atoms with van der Waals surface area (Å²) < 4.78 is 5.88. The number of hydrogen-bond donors (Lipinski definition) is 1. The van der Waals surface area contributed by atoms with Crippen LogP contribution in [0.4, 0.5) is 0 Å². The van der Waals surface area contributed by atoms with Gasteiger partial charge in [-0.25, -0.2) is 0 Å². The zero-order chi connectivity index (χ0) is 15.2. The standard InChI is InChI=1S/C19H20O2/c1-14-6-7-18(11-15(14)2)13-21-19-9-8-17(5-4-10-20)12-16(19)3/h6-9,11-12,20H,10,13H2,1-3H3. The Bertz CT molecular complexity index is 690. The Labute approximate surface area is 126 Å². The van der Waals surface area contributed by atoms with Gasteiger partial charge < -0.3 is 9.84 Å². The number of aryl methyl sites for hydroxylation is 3. The summed E-state index contributed by atoms with van der Waals surface area (Å²) in [7, 11) is 0. The molecular weight excluding hydrogens is 260 g/mol. The summed E-state index contributed by atoms with van der Waals surface area (Å²) in [6.07, 6.45) is 0. The molecule has 0 spiro atoms. The monoisotopic (exact) mass is 280 g/mol. The average molecular weight is 280 g/mol. The van der Waals surface area contributed by atoms with Crippen LogP contribution >= 0.6 is 0 Å². The lowest BCUT2D eigenvalue weighted by Gasteiger charge is -2.10. The number of hydrogen-bond acceptors (Lipinski definition) is 2. The fourth-order valence-electron chi connectivity index (χ4n) is 2.09. The normalized spacial score (nSPS) is 9.90. The molecule has 0 aliphatic rings. The van der Waals surface area contributed by atoms with Crippen molar-refractivity contribution in [3.8, 4) is 17.6 Å². The molecule has 2 aromatic rings. The van der Waals surface area contributed by atoms with Crippen LogP contribution < -0.4 is 4.74 Å². The van der Waals surface area contributed by atoms with Gasteiger partial charge in [0, 0.05) is 5.56 Å². The molecule has 2 aromatic carbocycles. The predicted octanol–water partition coefficient (Wildman–Crippen LogP) is 3.53. The molecule has 21 heavy (non-hydrogen) atoms. The van der Waals surface area contributed by atoms with E-state index in [0.717, 1.165) is 16.9 Å². The van der Waals surface area contributed by atoms with Crippen LogP contribution in [0.2, 0.25) is 0 Å². The third-order valence-electron chi connectivity index (χ3n) is 3.45. The van der Waals surface area contributed by atoms with E-state index in [1.54, 1.807) is 0 Å². The molecule has 0 heterocycles. The molecule has 0 amide bonds. The third-order valence-corrected chi connectivity index (χ3v) is 3.45. The number of aliphatic hydroxyl groups excluding tert-OH is 1. The Morgan fingerprint density at radius 1 is 0.952 bits per heavy atom. The minimum Gasteiger partial charge on any atom is -0.489 e. The van der Waals surface area contributed by atoms with Crippen molar-refractivity contribution in [2.24, 2.45) is 0 Å². The summed E-state index contributed by atoms with van der Waals surface area (Å²) in [5, 5.41) is 8.71. The zero-order valence-electron chi connectivity index (χ0n) is 12.7. The highest BCUT2D eigenvalue weighted by atomic mass is 16.5. The molecule has 0 saturated heterocycles. The Kier molecular flexibility index (Phi) is 5.03. The highest BCUT2D eigenvalue weighted by Crippen LogP contribution is 2.20. The van der Waals surface area contributed by atoms with Gasteiger partial charge in [-0.05, 0) is 61.2 Å². The lowest BCUT2D eigenvalue weighted by atomic mass is 10.1. The minimum absolute atomic E-state index is 0.121. The van der Waals surface area contributed by atoms with Crippen LogP contribution in [0.5, 0.6) is 5.75 Å². The summed E-state index contributed by atoms with van der Waals surface area (Å²) >= 11 is 0. The summed E-state index contributed by atoms with van der Waals surface area (Å²) in [5.74, 6) is 6.40. The van der Waals surface area contributed by atoms with Crippen molar-refractivity contribution in [1.29, 1.82) is 0 Å². The van der Waals surface area contributed by atoms with E-state index in [2.05, 4.69) is 43.9 Å². The number of ether oxygens (including phenoxy) is 1. The largest absolute Gasteiger partial charge is 0.489 e. The number of benzene rings is 2. The second-order valence-electron chi connectivity index (χ2n) is 5.15. The van der Waals surface area contributed by atoms with E-state index in [9.17, 15) is 0 Å². The van der Waals surface area contributed by atoms with E-state index < -0.39 is 0 Å². The molecule has 0 aromatic heterocycles. The quantitative estimate of drug-likeness (QED) is 0.871. The molecule has 2 heteroatoms. The average Bonchev–Trinajstić information content (AvgIpc) is 2.47. The van der Waals surface area contributed by atoms with Crippen LogP contribution in [-0.2, 0) is 6.61 Å². The lowest BCUT2D eigenvalue weighted by Crippen LogP contribution is -1.98. The molecule has 0 unspecified atom stereocenters. The number of aliphatic hydroxyl groups is 1. The van der Waals surface area contributed by atoms with Crippen molar-refractivity contribution in [2.75, 3.05) is 6.61 Å². The highest BCUT2D eigenvalue weighted by molar-refractivity contribution is 5.43. The van der Waals surface area contributed by atoms with Crippen LogP contribution in [0.3, 0.4) is 0 Å². The highest BCUT2D eigenvalue weighted by Gasteiger charge is 2.02. The fraction of sp³-hybridized carbons (Fsp3) is 0.263.